The zero-order valence-electron chi connectivity index (χ0n) is 13.1. The summed E-state index contributed by atoms with van der Waals surface area (Å²) >= 11 is 0. The minimum Gasteiger partial charge on any atom is -0.479 e. The summed E-state index contributed by atoms with van der Waals surface area (Å²) in [7, 11) is 0. The number of rotatable bonds is 2. The number of ether oxygens (including phenoxy) is 1. The molecule has 0 aliphatic carbocycles. The van der Waals surface area contributed by atoms with Gasteiger partial charge < -0.3 is 14.7 Å². The van der Waals surface area contributed by atoms with Crippen molar-refractivity contribution in [3.63, 3.8) is 0 Å². The van der Waals surface area contributed by atoms with E-state index in [-0.39, 0.29) is 18.5 Å². The van der Waals surface area contributed by atoms with Gasteiger partial charge in [0.2, 0.25) is 5.82 Å². The molecule has 2 atom stereocenters. The van der Waals surface area contributed by atoms with Crippen LogP contribution in [0.25, 0.3) is 5.78 Å². The molecule has 1 aliphatic rings. The van der Waals surface area contributed by atoms with Gasteiger partial charge >= 0.3 is 5.97 Å². The number of aryl methyl sites for hydroxylation is 2. The van der Waals surface area contributed by atoms with Crippen LogP contribution in [-0.4, -0.2) is 66.8 Å². The number of carbonyl (C=O) groups excluding carboxylic acids is 1. The predicted molar refractivity (Wildman–Crippen MR) is 78.1 cm³/mol. The molecule has 0 spiro atoms. The lowest BCUT2D eigenvalue weighted by Crippen LogP contribution is -2.52. The van der Waals surface area contributed by atoms with Gasteiger partial charge in [-0.2, -0.15) is 4.98 Å². The van der Waals surface area contributed by atoms with Crippen LogP contribution in [0.1, 0.15) is 28.9 Å². The summed E-state index contributed by atoms with van der Waals surface area (Å²) in [6.07, 6.45) is -1.41. The zero-order chi connectivity index (χ0) is 16.7. The topological polar surface area (TPSA) is 110 Å². The van der Waals surface area contributed by atoms with Crippen molar-refractivity contribution < 1.29 is 19.4 Å². The molecular weight excluding hydrogens is 302 g/mol. The van der Waals surface area contributed by atoms with Gasteiger partial charge in [0.25, 0.3) is 11.7 Å². The fourth-order valence-electron chi connectivity index (χ4n) is 2.65. The van der Waals surface area contributed by atoms with Crippen molar-refractivity contribution in [1.29, 1.82) is 0 Å². The average molecular weight is 319 g/mol. The number of carboxylic acid groups (broad SMARTS) is 1. The Kier molecular flexibility index (Phi) is 3.72. The highest BCUT2D eigenvalue weighted by Crippen LogP contribution is 2.14. The fourth-order valence-corrected chi connectivity index (χ4v) is 2.65. The molecule has 0 saturated carbocycles. The first-order chi connectivity index (χ1) is 10.8. The third kappa shape index (κ3) is 2.87. The quantitative estimate of drug-likeness (QED) is 0.833. The van der Waals surface area contributed by atoms with Crippen LogP contribution in [0.3, 0.4) is 0 Å². The van der Waals surface area contributed by atoms with Crippen molar-refractivity contribution in [3.05, 3.63) is 23.3 Å². The van der Waals surface area contributed by atoms with Crippen LogP contribution in [0.5, 0.6) is 0 Å². The molecule has 9 heteroatoms. The Morgan fingerprint density at radius 1 is 1.30 bits per heavy atom. The molecule has 1 saturated heterocycles. The van der Waals surface area contributed by atoms with Crippen molar-refractivity contribution >= 4 is 17.7 Å². The Bertz CT molecular complexity index is 787. The number of carboxylic acids is 1. The van der Waals surface area contributed by atoms with E-state index in [2.05, 4.69) is 15.1 Å². The van der Waals surface area contributed by atoms with Gasteiger partial charge in [-0.3, -0.25) is 4.79 Å². The molecule has 0 radical (unpaired) electrons. The van der Waals surface area contributed by atoms with E-state index >= 15 is 0 Å². The highest BCUT2D eigenvalue weighted by Gasteiger charge is 2.34. The number of aliphatic carboxylic acids is 1. The van der Waals surface area contributed by atoms with Crippen LogP contribution in [-0.2, 0) is 9.53 Å². The van der Waals surface area contributed by atoms with E-state index in [4.69, 9.17) is 9.84 Å². The monoisotopic (exact) mass is 319 g/mol. The summed E-state index contributed by atoms with van der Waals surface area (Å²) in [6.45, 7) is 5.68. The fraction of sp³-hybridized carbons (Fsp3) is 0.500. The van der Waals surface area contributed by atoms with Gasteiger partial charge in [-0.25, -0.2) is 14.3 Å². The van der Waals surface area contributed by atoms with E-state index in [9.17, 15) is 9.59 Å². The van der Waals surface area contributed by atoms with Gasteiger partial charge in [-0.15, -0.1) is 5.10 Å². The highest BCUT2D eigenvalue weighted by atomic mass is 16.5. The number of hydrogen-bond donors (Lipinski definition) is 1. The summed E-state index contributed by atoms with van der Waals surface area (Å²) in [6, 6.07) is 1.84. The maximum Gasteiger partial charge on any atom is 0.334 e. The maximum atomic E-state index is 12.6. The summed E-state index contributed by atoms with van der Waals surface area (Å²) in [4.78, 5) is 33.5. The number of nitrogens with zero attached hydrogens (tertiary/aromatic N) is 5. The molecule has 3 rings (SSSR count). The normalized spacial score (nSPS) is 21.6. The molecule has 1 unspecified atom stereocenters. The number of fused-ring (bicyclic) bond motifs is 1. The largest absolute Gasteiger partial charge is 0.479 e. The smallest absolute Gasteiger partial charge is 0.334 e. The van der Waals surface area contributed by atoms with E-state index in [1.54, 1.807) is 6.92 Å². The third-order valence-electron chi connectivity index (χ3n) is 3.63. The molecule has 1 N–H and O–H groups in total. The second-order valence-corrected chi connectivity index (χ2v) is 5.67. The maximum absolute atomic E-state index is 12.6. The molecule has 9 nitrogen and oxygen atoms in total. The molecule has 122 valence electrons. The van der Waals surface area contributed by atoms with Crippen LogP contribution >= 0.6 is 0 Å². The molecule has 0 bridgehead atoms. The first-order valence-corrected chi connectivity index (χ1v) is 7.23. The lowest BCUT2D eigenvalue weighted by atomic mass is 10.2. The highest BCUT2D eigenvalue weighted by molar-refractivity contribution is 5.91. The van der Waals surface area contributed by atoms with Crippen molar-refractivity contribution in [2.75, 3.05) is 13.1 Å². The minimum absolute atomic E-state index is 0.00411. The van der Waals surface area contributed by atoms with Crippen LogP contribution < -0.4 is 0 Å². The van der Waals surface area contributed by atoms with E-state index in [1.165, 1.54) is 9.42 Å². The summed E-state index contributed by atoms with van der Waals surface area (Å²) in [5.74, 6) is -1.16. The first kappa shape index (κ1) is 15.3. The van der Waals surface area contributed by atoms with Gasteiger partial charge in [0.15, 0.2) is 6.10 Å². The minimum atomic E-state index is -1.09. The van der Waals surface area contributed by atoms with Gasteiger partial charge in [0, 0.05) is 17.9 Å². The number of aromatic nitrogens is 4. The summed E-state index contributed by atoms with van der Waals surface area (Å²) in [5, 5.41) is 13.3. The molecule has 0 aromatic carbocycles. The SMILES string of the molecule is Cc1cc(C)n2nc(C(=O)N3CC(C(=O)O)O[C@H](C)C3)nc2n1. The number of morpholine rings is 1. The average Bonchev–Trinajstić information content (AvgIpc) is 2.89. The van der Waals surface area contributed by atoms with Crippen LogP contribution in [0, 0.1) is 13.8 Å². The standard InChI is InChI=1S/C14H17N5O4/c1-7-4-8(2)19-14(15-7)16-11(17-19)12(20)18-5-9(3)23-10(6-18)13(21)22/h4,9-10H,5-6H2,1-3H3,(H,21,22)/t9-,10?/m1/s1. The lowest BCUT2D eigenvalue weighted by Gasteiger charge is -2.34. The van der Waals surface area contributed by atoms with Crippen LogP contribution in [0.2, 0.25) is 0 Å². The zero-order valence-corrected chi connectivity index (χ0v) is 13.1. The number of amides is 1. The van der Waals surface area contributed by atoms with Crippen LogP contribution in [0.15, 0.2) is 6.07 Å². The second kappa shape index (κ2) is 5.58. The van der Waals surface area contributed by atoms with E-state index in [0.29, 0.717) is 12.3 Å². The molecule has 1 aliphatic heterocycles. The number of hydrogen-bond acceptors (Lipinski definition) is 6. The molecule has 2 aromatic rings. The van der Waals surface area contributed by atoms with E-state index < -0.39 is 18.0 Å². The van der Waals surface area contributed by atoms with Gasteiger partial charge in [-0.05, 0) is 26.8 Å². The third-order valence-corrected chi connectivity index (χ3v) is 3.63. The Morgan fingerprint density at radius 3 is 2.74 bits per heavy atom. The molecule has 1 fully saturated rings. The molecular formula is C14H17N5O4. The van der Waals surface area contributed by atoms with Crippen molar-refractivity contribution in [2.24, 2.45) is 0 Å². The molecule has 23 heavy (non-hydrogen) atoms. The number of carbonyl (C=O) groups is 2. The van der Waals surface area contributed by atoms with Gasteiger partial charge in [0.05, 0.1) is 12.6 Å². The first-order valence-electron chi connectivity index (χ1n) is 7.23. The Balaban J connectivity index is 1.90. The van der Waals surface area contributed by atoms with Gasteiger partial charge in [-0.1, -0.05) is 0 Å². The van der Waals surface area contributed by atoms with E-state index in [1.807, 2.05) is 19.9 Å². The molecule has 2 aromatic heterocycles. The Labute approximate surface area is 131 Å². The van der Waals surface area contributed by atoms with Crippen molar-refractivity contribution in [3.8, 4) is 0 Å². The van der Waals surface area contributed by atoms with Gasteiger partial charge in [0.1, 0.15) is 0 Å². The summed E-state index contributed by atoms with van der Waals surface area (Å²) < 4.78 is 6.80. The summed E-state index contributed by atoms with van der Waals surface area (Å²) in [5.41, 5.74) is 1.60. The molecule has 1 amide bonds. The van der Waals surface area contributed by atoms with Crippen molar-refractivity contribution in [2.45, 2.75) is 33.0 Å². The van der Waals surface area contributed by atoms with Crippen molar-refractivity contribution in [1.82, 2.24) is 24.5 Å². The Hall–Kier alpha value is -2.55. The predicted octanol–water partition coefficient (Wildman–Crippen LogP) is 0.0552. The second-order valence-electron chi connectivity index (χ2n) is 5.67. The van der Waals surface area contributed by atoms with Crippen LogP contribution in [0.4, 0.5) is 0 Å². The van der Waals surface area contributed by atoms with E-state index in [0.717, 1.165) is 11.4 Å². The Morgan fingerprint density at radius 2 is 2.04 bits per heavy atom. The lowest BCUT2D eigenvalue weighted by molar-refractivity contribution is -0.160. The molecule has 3 heterocycles.